The second kappa shape index (κ2) is 30.8. The van der Waals surface area contributed by atoms with Gasteiger partial charge in [-0.15, -0.1) is 0 Å². The van der Waals surface area contributed by atoms with E-state index in [-0.39, 0.29) is 13.2 Å². The summed E-state index contributed by atoms with van der Waals surface area (Å²) in [6.07, 6.45) is 27.6. The number of phosphoric ester groups is 1. The number of carbonyl (C=O) groups excluding carboxylic acids is 1. The Morgan fingerprint density at radius 3 is 1.68 bits per heavy atom. The highest BCUT2D eigenvalue weighted by atomic mass is 31.2. The van der Waals surface area contributed by atoms with Crippen molar-refractivity contribution < 1.29 is 33.5 Å². The number of nitrogens with two attached hydrogens (primary N) is 1. The Morgan fingerprint density at radius 2 is 1.20 bits per heavy atom. The van der Waals surface area contributed by atoms with E-state index >= 15 is 0 Å². The predicted octanol–water partition coefficient (Wildman–Crippen LogP) is 7.85. The van der Waals surface area contributed by atoms with E-state index in [1.54, 1.807) is 6.08 Å². The molecule has 0 rings (SSSR count). The summed E-state index contributed by atoms with van der Waals surface area (Å²) in [7, 11) is -4.40. The van der Waals surface area contributed by atoms with Crippen molar-refractivity contribution in [2.75, 3.05) is 19.8 Å². The van der Waals surface area contributed by atoms with Gasteiger partial charge >= 0.3 is 7.82 Å². The van der Waals surface area contributed by atoms with E-state index in [1.165, 1.54) is 103 Å². The molecule has 1 amide bonds. The average Bonchev–Trinajstić information content (AvgIpc) is 3.01. The van der Waals surface area contributed by atoms with Crippen molar-refractivity contribution >= 4 is 13.7 Å². The molecule has 2 unspecified atom stereocenters. The van der Waals surface area contributed by atoms with Crippen LogP contribution in [0.3, 0.4) is 0 Å². The summed E-state index contributed by atoms with van der Waals surface area (Å²) in [4.78, 5) is 22.6. The Kier molecular flexibility index (Phi) is 30.3. The number of phosphoric acid groups is 1. The molecule has 0 aromatic carbocycles. The molecule has 44 heavy (non-hydrogen) atoms. The Labute approximate surface area is 269 Å². The zero-order valence-corrected chi connectivity index (χ0v) is 29.2. The molecule has 9 nitrogen and oxygen atoms in total. The standard InChI is InChI=1S/C34H69N2O7P/c1-3-5-7-9-11-13-14-15-16-17-19-21-23-25-27-33(38)34(39)36-31(30-43-44(40,41)42-29-28-35)32(37)26-24-22-20-18-12-10-8-6-4-2/h24,26,31-33,37-38H,3-23,25,27-30,35H2,1-2H3,(H,36,39)(H,40,41)/b26-24+/t31-,32+,33?/m0/s1. The Balaban J connectivity index is 4.42. The first-order valence-electron chi connectivity index (χ1n) is 17.9. The third kappa shape index (κ3) is 27.5. The molecule has 0 aliphatic heterocycles. The molecule has 0 aromatic rings. The first-order chi connectivity index (χ1) is 21.3. The summed E-state index contributed by atoms with van der Waals surface area (Å²) in [5.41, 5.74) is 5.32. The van der Waals surface area contributed by atoms with Crippen molar-refractivity contribution in [1.29, 1.82) is 0 Å². The summed E-state index contributed by atoms with van der Waals surface area (Å²) in [6, 6.07) is -1.03. The SMILES string of the molecule is CCCCCCCCC/C=C/[C@@H](O)[C@H](COP(=O)(O)OCCN)NC(=O)C(O)CCCCCCCCCCCCCCCC. The molecule has 10 heteroatoms. The van der Waals surface area contributed by atoms with Crippen molar-refractivity contribution in [3.05, 3.63) is 12.2 Å². The first-order valence-corrected chi connectivity index (χ1v) is 19.4. The lowest BCUT2D eigenvalue weighted by Crippen LogP contribution is -2.49. The van der Waals surface area contributed by atoms with Crippen LogP contribution in [0.15, 0.2) is 12.2 Å². The number of hydrogen-bond donors (Lipinski definition) is 5. The highest BCUT2D eigenvalue weighted by molar-refractivity contribution is 7.47. The van der Waals surface area contributed by atoms with Crippen LogP contribution in [0.5, 0.6) is 0 Å². The normalized spacial score (nSPS) is 15.3. The van der Waals surface area contributed by atoms with Gasteiger partial charge in [0.25, 0.3) is 0 Å². The molecule has 0 fully saturated rings. The number of rotatable bonds is 33. The minimum atomic E-state index is -4.40. The van der Waals surface area contributed by atoms with Crippen LogP contribution < -0.4 is 11.1 Å². The molecule has 0 spiro atoms. The molecule has 0 aromatic heterocycles. The Morgan fingerprint density at radius 1 is 0.750 bits per heavy atom. The molecular weight excluding hydrogens is 579 g/mol. The highest BCUT2D eigenvalue weighted by Crippen LogP contribution is 2.43. The van der Waals surface area contributed by atoms with Gasteiger partial charge in [-0.25, -0.2) is 4.57 Å². The predicted molar refractivity (Wildman–Crippen MR) is 181 cm³/mol. The molecule has 0 radical (unpaired) electrons. The van der Waals surface area contributed by atoms with Crippen LogP contribution >= 0.6 is 7.82 Å². The summed E-state index contributed by atoms with van der Waals surface area (Å²) < 4.78 is 21.9. The van der Waals surface area contributed by atoms with Crippen LogP contribution in [0.4, 0.5) is 0 Å². The number of hydrogen-bond acceptors (Lipinski definition) is 7. The number of allylic oxidation sites excluding steroid dienone is 1. The zero-order chi connectivity index (χ0) is 32.7. The van der Waals surface area contributed by atoms with Gasteiger partial charge in [-0.3, -0.25) is 13.8 Å². The van der Waals surface area contributed by atoms with Gasteiger partial charge in [-0.2, -0.15) is 0 Å². The number of aliphatic hydroxyl groups is 2. The third-order valence-corrected chi connectivity index (χ3v) is 8.96. The second-order valence-electron chi connectivity index (χ2n) is 12.2. The second-order valence-corrected chi connectivity index (χ2v) is 13.7. The van der Waals surface area contributed by atoms with Gasteiger partial charge in [0.05, 0.1) is 25.4 Å². The van der Waals surface area contributed by atoms with E-state index in [2.05, 4.69) is 19.2 Å². The van der Waals surface area contributed by atoms with E-state index in [0.717, 1.165) is 38.5 Å². The molecule has 0 saturated carbocycles. The van der Waals surface area contributed by atoms with Gasteiger partial charge in [-0.05, 0) is 19.3 Å². The number of nitrogens with one attached hydrogen (secondary N) is 1. The van der Waals surface area contributed by atoms with Crippen LogP contribution in [0.2, 0.25) is 0 Å². The summed E-state index contributed by atoms with van der Waals surface area (Å²) >= 11 is 0. The number of carbonyl (C=O) groups is 1. The summed E-state index contributed by atoms with van der Waals surface area (Å²) in [5, 5.41) is 23.8. The smallest absolute Gasteiger partial charge is 0.387 e. The summed E-state index contributed by atoms with van der Waals surface area (Å²) in [6.45, 7) is 3.87. The van der Waals surface area contributed by atoms with Crippen molar-refractivity contribution in [2.24, 2.45) is 5.73 Å². The number of unbranched alkanes of at least 4 members (excludes halogenated alkanes) is 20. The van der Waals surface area contributed by atoms with Crippen LogP contribution in [0.25, 0.3) is 0 Å². The Bertz CT molecular complexity index is 726. The van der Waals surface area contributed by atoms with E-state index in [0.29, 0.717) is 6.42 Å². The van der Waals surface area contributed by atoms with Gasteiger partial charge < -0.3 is 26.2 Å². The highest BCUT2D eigenvalue weighted by Gasteiger charge is 2.28. The van der Waals surface area contributed by atoms with Gasteiger partial charge in [0.1, 0.15) is 6.10 Å². The van der Waals surface area contributed by atoms with Crippen molar-refractivity contribution in [2.45, 2.75) is 180 Å². The van der Waals surface area contributed by atoms with Gasteiger partial charge in [0.2, 0.25) is 5.91 Å². The molecule has 0 bridgehead atoms. The minimum Gasteiger partial charge on any atom is -0.387 e. The van der Waals surface area contributed by atoms with Crippen LogP contribution in [0.1, 0.15) is 162 Å². The molecule has 6 N–H and O–H groups in total. The molecule has 0 aliphatic rings. The lowest BCUT2D eigenvalue weighted by Gasteiger charge is -2.24. The molecular formula is C34H69N2O7P. The van der Waals surface area contributed by atoms with Gasteiger partial charge in [0, 0.05) is 6.54 Å². The topological polar surface area (TPSA) is 151 Å². The average molecular weight is 649 g/mol. The van der Waals surface area contributed by atoms with Crippen LogP contribution in [-0.4, -0.2) is 59.0 Å². The van der Waals surface area contributed by atoms with E-state index in [1.807, 2.05) is 6.08 Å². The van der Waals surface area contributed by atoms with E-state index < -0.39 is 38.6 Å². The van der Waals surface area contributed by atoms with Gasteiger partial charge in [0.15, 0.2) is 0 Å². The minimum absolute atomic E-state index is 0.0451. The van der Waals surface area contributed by atoms with Crippen molar-refractivity contribution in [1.82, 2.24) is 5.32 Å². The number of aliphatic hydroxyl groups excluding tert-OH is 2. The first kappa shape index (κ1) is 43.2. The maximum Gasteiger partial charge on any atom is 0.472 e. The lowest BCUT2D eigenvalue weighted by molar-refractivity contribution is -0.131. The van der Waals surface area contributed by atoms with E-state index in [4.69, 9.17) is 14.8 Å². The molecule has 262 valence electrons. The zero-order valence-electron chi connectivity index (χ0n) is 28.3. The van der Waals surface area contributed by atoms with Crippen LogP contribution in [0, 0.1) is 0 Å². The fourth-order valence-electron chi connectivity index (χ4n) is 5.14. The third-order valence-electron chi connectivity index (χ3n) is 7.97. The van der Waals surface area contributed by atoms with Crippen LogP contribution in [-0.2, 0) is 18.4 Å². The number of amides is 1. The van der Waals surface area contributed by atoms with Gasteiger partial charge in [-0.1, -0.05) is 154 Å². The maximum atomic E-state index is 12.7. The van der Waals surface area contributed by atoms with Crippen molar-refractivity contribution in [3.63, 3.8) is 0 Å². The Hall–Kier alpha value is -0.800. The molecule has 0 heterocycles. The maximum absolute atomic E-state index is 12.7. The largest absolute Gasteiger partial charge is 0.472 e. The monoisotopic (exact) mass is 648 g/mol. The van der Waals surface area contributed by atoms with E-state index in [9.17, 15) is 24.5 Å². The fourth-order valence-corrected chi connectivity index (χ4v) is 5.90. The quantitative estimate of drug-likeness (QED) is 0.0274. The molecule has 0 aliphatic carbocycles. The lowest BCUT2D eigenvalue weighted by atomic mass is 10.0. The van der Waals surface area contributed by atoms with Crippen molar-refractivity contribution in [3.8, 4) is 0 Å². The molecule has 0 saturated heterocycles. The molecule has 4 atom stereocenters. The fraction of sp³-hybridized carbons (Fsp3) is 0.912. The summed E-state index contributed by atoms with van der Waals surface area (Å²) in [5.74, 6) is -0.636.